The Morgan fingerprint density at radius 2 is 0.821 bits per heavy atom. The van der Waals surface area contributed by atoms with Gasteiger partial charge in [0.05, 0.1) is 12.8 Å². The highest BCUT2D eigenvalue weighted by atomic mass is 19.1. The van der Waals surface area contributed by atoms with Gasteiger partial charge in [-0.3, -0.25) is 9.59 Å². The van der Waals surface area contributed by atoms with Crippen LogP contribution in [0.1, 0.15) is 12.8 Å². The number of hydrogen-bond acceptors (Lipinski definition) is 8. The normalized spacial score (nSPS) is 16.7. The monoisotopic (exact) mass is 420 g/mol. The van der Waals surface area contributed by atoms with Gasteiger partial charge < -0.3 is 40.9 Å². The van der Waals surface area contributed by atoms with E-state index in [1.54, 1.807) is 0 Å². The Kier molecular flexibility index (Phi) is 9.65. The minimum Gasteiger partial charge on any atom is -0.481 e. The van der Waals surface area contributed by atoms with E-state index in [4.69, 9.17) is 40.9 Å². The number of carboxylic acids is 6. The third kappa shape index (κ3) is 7.08. The van der Waals surface area contributed by atoms with Gasteiger partial charge >= 0.3 is 35.8 Å². The van der Waals surface area contributed by atoms with Gasteiger partial charge in [-0.1, -0.05) is 0 Å². The first-order chi connectivity index (χ1) is 12.4. The van der Waals surface area contributed by atoms with Crippen LogP contribution in [-0.2, 0) is 28.8 Å². The van der Waals surface area contributed by atoms with Crippen molar-refractivity contribution in [2.75, 3.05) is 0 Å². The Morgan fingerprint density at radius 1 is 0.607 bits per heavy atom. The molecule has 0 saturated heterocycles. The largest absolute Gasteiger partial charge is 0.481 e. The molecular weight excluding hydrogens is 406 g/mol. The first-order valence-corrected chi connectivity index (χ1v) is 6.52. The first-order valence-electron chi connectivity index (χ1n) is 6.52. The minimum absolute atomic E-state index is 1.53. The molecule has 14 nitrogen and oxygen atoms in total. The van der Waals surface area contributed by atoms with E-state index in [1.165, 1.54) is 0 Å². The van der Waals surface area contributed by atoms with Crippen LogP contribution in [0.15, 0.2) is 0 Å². The summed E-state index contributed by atoms with van der Waals surface area (Å²) in [5, 5.41) is 67.0. The van der Waals surface area contributed by atoms with Gasteiger partial charge in [0.25, 0.3) is 0 Å². The lowest BCUT2D eigenvalue weighted by molar-refractivity contribution is -0.180. The summed E-state index contributed by atoms with van der Waals surface area (Å²) in [5.74, 6) is -12.6. The van der Waals surface area contributed by atoms with Gasteiger partial charge in [-0.05, 0) is 0 Å². The van der Waals surface area contributed by atoms with E-state index >= 15 is 0 Å². The lowest BCUT2D eigenvalue weighted by Crippen LogP contribution is -2.52. The molecule has 0 aliphatic carbocycles. The lowest BCUT2D eigenvalue weighted by Gasteiger charge is -2.22. The molecule has 4 atom stereocenters. The van der Waals surface area contributed by atoms with Crippen LogP contribution in [0.2, 0.25) is 0 Å². The van der Waals surface area contributed by atoms with Crippen molar-refractivity contribution in [1.82, 2.24) is 0 Å². The van der Waals surface area contributed by atoms with Crippen molar-refractivity contribution in [3.63, 3.8) is 0 Å². The molecule has 16 heteroatoms. The maximum absolute atomic E-state index is 12.7. The minimum atomic E-state index is -3.45. The zero-order valence-electron chi connectivity index (χ0n) is 13.4. The van der Waals surface area contributed by atoms with Crippen molar-refractivity contribution >= 4 is 35.8 Å². The van der Waals surface area contributed by atoms with Gasteiger partial charge in [0.15, 0.2) is 0 Å². The van der Waals surface area contributed by atoms with Crippen molar-refractivity contribution in [3.05, 3.63) is 0 Å². The summed E-state index contributed by atoms with van der Waals surface area (Å²) in [6.45, 7) is 0. The SMILES string of the molecule is O=C(O)CC(O)(C(=O)O)C(F)C(=O)O.O=C(O)CC(O)(C(=O)O)C(F)C(=O)O. The average molecular weight is 420 g/mol. The van der Waals surface area contributed by atoms with E-state index in [2.05, 4.69) is 0 Å². The van der Waals surface area contributed by atoms with Crippen LogP contribution in [0.3, 0.4) is 0 Å². The van der Waals surface area contributed by atoms with Crippen LogP contribution >= 0.6 is 0 Å². The Bertz CT molecular complexity index is 607. The lowest BCUT2D eigenvalue weighted by atomic mass is 9.94. The molecule has 0 fully saturated rings. The summed E-state index contributed by atoms with van der Waals surface area (Å²) in [4.78, 5) is 60.8. The second-order valence-corrected chi connectivity index (χ2v) is 5.00. The third-order valence-corrected chi connectivity index (χ3v) is 2.85. The number of carboxylic acid groups (broad SMARTS) is 6. The number of carbonyl (C=O) groups is 6. The highest BCUT2D eigenvalue weighted by Crippen LogP contribution is 2.20. The molecule has 0 aromatic heterocycles. The van der Waals surface area contributed by atoms with Gasteiger partial charge in [-0.25, -0.2) is 28.0 Å². The molecule has 0 amide bonds. The van der Waals surface area contributed by atoms with Crippen molar-refractivity contribution in [1.29, 1.82) is 0 Å². The van der Waals surface area contributed by atoms with E-state index in [9.17, 15) is 37.5 Å². The van der Waals surface area contributed by atoms with E-state index in [0.29, 0.717) is 0 Å². The van der Waals surface area contributed by atoms with Crippen molar-refractivity contribution in [3.8, 4) is 0 Å². The maximum atomic E-state index is 12.7. The van der Waals surface area contributed by atoms with Gasteiger partial charge in [0.1, 0.15) is 0 Å². The van der Waals surface area contributed by atoms with Crippen molar-refractivity contribution < 1.29 is 78.4 Å². The van der Waals surface area contributed by atoms with Crippen LogP contribution in [0.25, 0.3) is 0 Å². The van der Waals surface area contributed by atoms with Crippen molar-refractivity contribution in [2.45, 2.75) is 36.4 Å². The molecule has 0 aromatic rings. The van der Waals surface area contributed by atoms with Gasteiger partial charge in [-0.2, -0.15) is 0 Å². The standard InChI is InChI=1S/2C6H7FO7/c2*7-3(4(10)11)6(14,5(12)13)1-2(8)9/h2*3,14H,1H2,(H,8,9)(H,10,11)(H,12,13). The Hall–Kier alpha value is -3.40. The van der Waals surface area contributed by atoms with Crippen LogP contribution in [0.4, 0.5) is 8.78 Å². The van der Waals surface area contributed by atoms with E-state index in [-0.39, 0.29) is 0 Å². The maximum Gasteiger partial charge on any atom is 0.342 e. The fourth-order valence-electron chi connectivity index (χ4n) is 1.42. The van der Waals surface area contributed by atoms with Crippen molar-refractivity contribution in [2.24, 2.45) is 0 Å². The zero-order valence-corrected chi connectivity index (χ0v) is 13.4. The summed E-state index contributed by atoms with van der Waals surface area (Å²) in [5.41, 5.74) is -6.89. The highest BCUT2D eigenvalue weighted by molar-refractivity contribution is 5.91. The summed E-state index contributed by atoms with van der Waals surface area (Å²) in [6, 6.07) is 0. The predicted molar refractivity (Wildman–Crippen MR) is 74.7 cm³/mol. The van der Waals surface area contributed by atoms with Crippen LogP contribution < -0.4 is 0 Å². The zero-order chi connectivity index (χ0) is 23.0. The predicted octanol–water partition coefficient (Wildman–Crippen LogP) is -2.60. The molecule has 0 aromatic carbocycles. The topological polar surface area (TPSA) is 264 Å². The second kappa shape index (κ2) is 10.1. The quantitative estimate of drug-likeness (QED) is 0.180. The number of alkyl halides is 2. The molecule has 28 heavy (non-hydrogen) atoms. The molecule has 4 unspecified atom stereocenters. The van der Waals surface area contributed by atoms with E-state index in [0.717, 1.165) is 0 Å². The van der Waals surface area contributed by atoms with E-state index in [1.807, 2.05) is 0 Å². The van der Waals surface area contributed by atoms with Crippen LogP contribution in [0.5, 0.6) is 0 Å². The smallest absolute Gasteiger partial charge is 0.342 e. The Morgan fingerprint density at radius 3 is 0.929 bits per heavy atom. The van der Waals surface area contributed by atoms with Gasteiger partial charge in [0, 0.05) is 0 Å². The molecule has 0 bridgehead atoms. The molecule has 8 N–H and O–H groups in total. The number of hydrogen-bond donors (Lipinski definition) is 8. The van der Waals surface area contributed by atoms with Crippen LogP contribution in [0, 0.1) is 0 Å². The Labute approximate surface area is 151 Å². The molecule has 0 aliphatic rings. The number of aliphatic carboxylic acids is 6. The van der Waals surface area contributed by atoms with E-state index < -0.39 is 72.2 Å². The fraction of sp³-hybridized carbons (Fsp3) is 0.500. The molecule has 160 valence electrons. The molecular formula is C12H14F2O14. The third-order valence-electron chi connectivity index (χ3n) is 2.85. The summed E-state index contributed by atoms with van der Waals surface area (Å²) < 4.78 is 25.4. The molecule has 0 saturated carbocycles. The molecule has 0 heterocycles. The Balaban J connectivity index is 0. The van der Waals surface area contributed by atoms with Gasteiger partial charge in [-0.15, -0.1) is 0 Å². The summed E-state index contributed by atoms with van der Waals surface area (Å²) >= 11 is 0. The first kappa shape index (κ1) is 26.8. The second-order valence-electron chi connectivity index (χ2n) is 5.00. The molecule has 0 spiro atoms. The average Bonchev–Trinajstić information content (AvgIpc) is 2.51. The fourth-order valence-corrected chi connectivity index (χ4v) is 1.42. The van der Waals surface area contributed by atoms with Gasteiger partial charge in [0.2, 0.25) is 23.5 Å². The van der Waals surface area contributed by atoms with Crippen LogP contribution in [-0.4, -0.2) is 100 Å². The molecule has 0 rings (SSSR count). The number of aliphatic hydroxyl groups is 2. The molecule has 0 aliphatic heterocycles. The summed E-state index contributed by atoms with van der Waals surface area (Å²) in [7, 11) is 0. The molecule has 0 radical (unpaired) electrons. The summed E-state index contributed by atoms with van der Waals surface area (Å²) in [6.07, 6.45) is -9.46. The number of halogens is 2. The highest BCUT2D eigenvalue weighted by Gasteiger charge is 2.51. The number of rotatable bonds is 10.